The van der Waals surface area contributed by atoms with Gasteiger partial charge in [-0.3, -0.25) is 0 Å². The van der Waals surface area contributed by atoms with Gasteiger partial charge in [-0.1, -0.05) is 53.7 Å². The van der Waals surface area contributed by atoms with Crippen molar-refractivity contribution in [2.45, 2.75) is 49.4 Å². The summed E-state index contributed by atoms with van der Waals surface area (Å²) in [6.45, 7) is 4.42. The summed E-state index contributed by atoms with van der Waals surface area (Å²) in [6.07, 6.45) is 1.72. The van der Waals surface area contributed by atoms with Gasteiger partial charge < -0.3 is 20.5 Å². The smallest absolute Gasteiger partial charge is 0.187 e. The number of ether oxygens (including phenoxy) is 2. The highest BCUT2D eigenvalue weighted by Crippen LogP contribution is 2.37. The summed E-state index contributed by atoms with van der Waals surface area (Å²) >= 11 is 8.91. The first-order valence-electron chi connectivity index (χ1n) is 12.9. The lowest BCUT2D eigenvalue weighted by Gasteiger charge is -2.17. The van der Waals surface area contributed by atoms with E-state index in [2.05, 4.69) is 27.4 Å². The summed E-state index contributed by atoms with van der Waals surface area (Å²) in [7, 11) is 0. The molecule has 4 aromatic rings. The van der Waals surface area contributed by atoms with Crippen LogP contribution in [0, 0.1) is 22.7 Å². The van der Waals surface area contributed by atoms with Gasteiger partial charge in [-0.25, -0.2) is 9.97 Å². The van der Waals surface area contributed by atoms with Gasteiger partial charge in [-0.2, -0.15) is 10.5 Å². The molecule has 0 unspecified atom stereocenters. The van der Waals surface area contributed by atoms with Crippen molar-refractivity contribution in [1.29, 1.82) is 10.5 Å². The predicted molar refractivity (Wildman–Crippen MR) is 163 cm³/mol. The number of nitrogen functional groups attached to an aromatic ring is 1. The molecule has 5 rings (SSSR count). The van der Waals surface area contributed by atoms with Crippen LogP contribution >= 0.6 is 34.7 Å². The molecule has 11 heteroatoms. The molecule has 1 aliphatic heterocycles. The number of hydrogen-bond acceptors (Lipinski definition) is 10. The molecule has 0 saturated carbocycles. The zero-order chi connectivity index (χ0) is 29.0. The minimum Gasteiger partial charge on any atom is -0.383 e. The van der Waals surface area contributed by atoms with Crippen molar-refractivity contribution < 1.29 is 9.47 Å². The molecule has 1 fully saturated rings. The van der Waals surface area contributed by atoms with Crippen molar-refractivity contribution in [2.75, 3.05) is 17.7 Å². The number of nitrogens with zero attached hydrogens (tertiary/aromatic N) is 4. The molecule has 3 N–H and O–H groups in total. The van der Waals surface area contributed by atoms with E-state index in [-0.39, 0.29) is 17.5 Å². The fourth-order valence-electron chi connectivity index (χ4n) is 4.52. The van der Waals surface area contributed by atoms with Crippen molar-refractivity contribution in [1.82, 2.24) is 9.97 Å². The molecular formula is C30H27ClN6O2S2. The van der Waals surface area contributed by atoms with E-state index in [9.17, 15) is 10.5 Å². The molecule has 0 amide bonds. The number of halogens is 1. The monoisotopic (exact) mass is 602 g/mol. The minimum atomic E-state index is -0.539. The third-order valence-corrected chi connectivity index (χ3v) is 8.52. The standard InChI is InChI=1S/C30H27ClN6O2S2/c1-30(2)38-15-23(39-30)11-8-18-6-9-19(10-7-18)26-24(13-32)27(34)37-28(25(26)14-33)40-16-22-17-41-29(36-22)35-21-5-3-4-20(31)12-21/h3-7,9-10,12,17,23H,8,11,15-16H2,1-2H3,(H2,34,37)(H,35,36)/t23-/m0/s1. The average molecular weight is 603 g/mol. The minimum absolute atomic E-state index is 0.0565. The van der Waals surface area contributed by atoms with Crippen LogP contribution in [0.3, 0.4) is 0 Å². The Balaban J connectivity index is 1.32. The van der Waals surface area contributed by atoms with Crippen LogP contribution in [0.15, 0.2) is 58.9 Å². The molecule has 0 bridgehead atoms. The molecule has 2 aromatic carbocycles. The number of aryl methyl sites for hydroxylation is 1. The number of nitrogens with two attached hydrogens (primary N) is 1. The van der Waals surface area contributed by atoms with E-state index in [4.69, 9.17) is 26.8 Å². The number of anilines is 3. The van der Waals surface area contributed by atoms with E-state index in [1.54, 1.807) is 0 Å². The van der Waals surface area contributed by atoms with Crippen LogP contribution in [0.2, 0.25) is 5.02 Å². The van der Waals surface area contributed by atoms with Crippen molar-refractivity contribution in [3.63, 3.8) is 0 Å². The number of rotatable bonds is 9. The van der Waals surface area contributed by atoms with E-state index in [1.807, 2.05) is 67.8 Å². The second kappa shape index (κ2) is 12.5. The first kappa shape index (κ1) is 28.9. The highest BCUT2D eigenvalue weighted by Gasteiger charge is 2.32. The molecule has 208 valence electrons. The average Bonchev–Trinajstić information content (AvgIpc) is 3.55. The SMILES string of the molecule is CC1(C)OC[C@H](CCc2ccc(-c3c(C#N)c(N)nc(SCc4csc(Nc5cccc(Cl)c5)n4)c3C#N)cc2)O1. The maximum absolute atomic E-state index is 10.1. The molecule has 8 nitrogen and oxygen atoms in total. The molecule has 1 saturated heterocycles. The van der Waals surface area contributed by atoms with Crippen LogP contribution in [0.25, 0.3) is 11.1 Å². The molecule has 2 aromatic heterocycles. The van der Waals surface area contributed by atoms with Crippen LogP contribution in [0.1, 0.15) is 42.7 Å². The Morgan fingerprint density at radius 1 is 1.15 bits per heavy atom. The van der Waals surface area contributed by atoms with Crippen LogP contribution in [0.4, 0.5) is 16.6 Å². The number of nitriles is 2. The lowest BCUT2D eigenvalue weighted by molar-refractivity contribution is -0.138. The van der Waals surface area contributed by atoms with Gasteiger partial charge in [0, 0.05) is 27.4 Å². The van der Waals surface area contributed by atoms with Gasteiger partial charge in [0.15, 0.2) is 10.9 Å². The summed E-state index contributed by atoms with van der Waals surface area (Å²) < 4.78 is 11.6. The summed E-state index contributed by atoms with van der Waals surface area (Å²) in [5.41, 5.74) is 10.8. The molecular weight excluding hydrogens is 576 g/mol. The first-order valence-corrected chi connectivity index (χ1v) is 15.1. The zero-order valence-electron chi connectivity index (χ0n) is 22.5. The van der Waals surface area contributed by atoms with E-state index >= 15 is 0 Å². The predicted octanol–water partition coefficient (Wildman–Crippen LogP) is 7.30. The number of hydrogen-bond donors (Lipinski definition) is 2. The van der Waals surface area contributed by atoms with Crippen molar-refractivity contribution in [3.8, 4) is 23.3 Å². The number of pyridine rings is 1. The molecule has 1 atom stereocenters. The van der Waals surface area contributed by atoms with Gasteiger partial charge in [-0.15, -0.1) is 11.3 Å². The maximum Gasteiger partial charge on any atom is 0.187 e. The van der Waals surface area contributed by atoms with Crippen LogP contribution < -0.4 is 11.1 Å². The van der Waals surface area contributed by atoms with Gasteiger partial charge in [0.05, 0.1) is 24.0 Å². The Morgan fingerprint density at radius 2 is 1.93 bits per heavy atom. The fourth-order valence-corrected chi connectivity index (χ4v) is 6.44. The highest BCUT2D eigenvalue weighted by molar-refractivity contribution is 7.98. The van der Waals surface area contributed by atoms with Gasteiger partial charge in [0.25, 0.3) is 0 Å². The summed E-state index contributed by atoms with van der Waals surface area (Å²) in [4.78, 5) is 9.06. The lowest BCUT2D eigenvalue weighted by atomic mass is 9.95. The quantitative estimate of drug-likeness (QED) is 0.189. The largest absolute Gasteiger partial charge is 0.383 e. The van der Waals surface area contributed by atoms with E-state index in [0.717, 1.165) is 40.5 Å². The van der Waals surface area contributed by atoms with Gasteiger partial charge in [0.2, 0.25) is 0 Å². The Hall–Kier alpha value is -3.64. The Labute approximate surface area is 252 Å². The Kier molecular flexibility index (Phi) is 8.79. The van der Waals surface area contributed by atoms with Crippen molar-refractivity contribution in [3.05, 3.63) is 81.3 Å². The summed E-state index contributed by atoms with van der Waals surface area (Å²) in [5, 5.41) is 27.1. The van der Waals surface area contributed by atoms with E-state index < -0.39 is 5.79 Å². The van der Waals surface area contributed by atoms with Crippen molar-refractivity contribution in [2.24, 2.45) is 0 Å². The second-order valence-corrected chi connectivity index (χ2v) is 12.2. The summed E-state index contributed by atoms with van der Waals surface area (Å²) in [5.74, 6) is 0.0291. The van der Waals surface area contributed by atoms with Gasteiger partial charge in [0.1, 0.15) is 28.5 Å². The van der Waals surface area contributed by atoms with Crippen LogP contribution in [0.5, 0.6) is 0 Å². The molecule has 0 radical (unpaired) electrons. The fraction of sp³-hybridized carbons (Fsp3) is 0.267. The number of benzene rings is 2. The molecule has 41 heavy (non-hydrogen) atoms. The normalized spacial score (nSPS) is 15.8. The third kappa shape index (κ3) is 6.99. The van der Waals surface area contributed by atoms with Crippen molar-refractivity contribution >= 4 is 51.3 Å². The molecule has 0 aliphatic carbocycles. The maximum atomic E-state index is 10.1. The Bertz CT molecular complexity index is 1640. The van der Waals surface area contributed by atoms with E-state index in [0.29, 0.717) is 33.5 Å². The summed E-state index contributed by atoms with van der Waals surface area (Å²) in [6, 6.07) is 19.7. The van der Waals surface area contributed by atoms with Crippen LogP contribution in [-0.2, 0) is 21.6 Å². The Morgan fingerprint density at radius 3 is 2.61 bits per heavy atom. The van der Waals surface area contributed by atoms with Crippen LogP contribution in [-0.4, -0.2) is 28.5 Å². The van der Waals surface area contributed by atoms with Gasteiger partial charge >= 0.3 is 0 Å². The topological polar surface area (TPSA) is 130 Å². The number of thiazole rings is 1. The zero-order valence-corrected chi connectivity index (χ0v) is 24.9. The second-order valence-electron chi connectivity index (χ2n) is 9.91. The number of thioether (sulfide) groups is 1. The number of nitrogens with one attached hydrogen (secondary N) is 1. The highest BCUT2D eigenvalue weighted by atomic mass is 35.5. The third-order valence-electron chi connectivity index (χ3n) is 6.46. The molecule has 0 spiro atoms. The number of aromatic nitrogens is 2. The molecule has 3 heterocycles. The first-order chi connectivity index (χ1) is 19.7. The molecule has 1 aliphatic rings. The lowest BCUT2D eigenvalue weighted by Crippen LogP contribution is -2.21. The van der Waals surface area contributed by atoms with Gasteiger partial charge in [-0.05, 0) is 56.0 Å². The van der Waals surface area contributed by atoms with E-state index in [1.165, 1.54) is 23.1 Å².